The van der Waals surface area contributed by atoms with Gasteiger partial charge in [0.2, 0.25) is 5.91 Å². The highest BCUT2D eigenvalue weighted by Gasteiger charge is 2.33. The first-order chi connectivity index (χ1) is 9.40. The molecule has 1 fully saturated rings. The van der Waals surface area contributed by atoms with Gasteiger partial charge in [0.1, 0.15) is 0 Å². The molecular weight excluding hydrogens is 258 g/mol. The van der Waals surface area contributed by atoms with Crippen LogP contribution in [-0.2, 0) is 4.79 Å². The van der Waals surface area contributed by atoms with E-state index in [1.807, 2.05) is 13.8 Å². The van der Waals surface area contributed by atoms with E-state index in [4.69, 9.17) is 0 Å². The average Bonchev–Trinajstić information content (AvgIpc) is 2.69. The third kappa shape index (κ3) is 2.80. The summed E-state index contributed by atoms with van der Waals surface area (Å²) in [5, 5.41) is 14.0. The number of amides is 1. The molecule has 1 aliphatic heterocycles. The Kier molecular flexibility index (Phi) is 4.04. The minimum absolute atomic E-state index is 0.0342. The Labute approximate surface area is 117 Å². The van der Waals surface area contributed by atoms with Crippen molar-refractivity contribution in [2.75, 3.05) is 11.4 Å². The van der Waals surface area contributed by atoms with Crippen LogP contribution in [-0.4, -0.2) is 29.5 Å². The lowest BCUT2D eigenvalue weighted by atomic mass is 10.1. The molecule has 1 amide bonds. The van der Waals surface area contributed by atoms with Crippen molar-refractivity contribution in [2.45, 2.75) is 39.3 Å². The standard InChI is InChI=1S/C14H19N3O3/c1-9(2)15-12-6-7-16(14(12)18)11-4-5-13(17(19)20)10(3)8-11/h4-5,8-9,12,15H,6-7H2,1-3H3. The molecule has 1 atom stereocenters. The van der Waals surface area contributed by atoms with Gasteiger partial charge in [-0.15, -0.1) is 0 Å². The fourth-order valence-electron chi connectivity index (χ4n) is 2.51. The molecule has 1 aromatic rings. The number of nitro groups is 1. The van der Waals surface area contributed by atoms with Crippen LogP contribution in [0.1, 0.15) is 25.8 Å². The van der Waals surface area contributed by atoms with Crippen molar-refractivity contribution in [1.82, 2.24) is 5.32 Å². The molecule has 0 radical (unpaired) electrons. The van der Waals surface area contributed by atoms with Crippen LogP contribution in [0.25, 0.3) is 0 Å². The van der Waals surface area contributed by atoms with Gasteiger partial charge in [-0.25, -0.2) is 0 Å². The van der Waals surface area contributed by atoms with Crippen LogP contribution in [0.2, 0.25) is 0 Å². The Bertz CT molecular complexity index is 542. The van der Waals surface area contributed by atoms with Gasteiger partial charge in [0.25, 0.3) is 5.69 Å². The predicted octanol–water partition coefficient (Wildman–Crippen LogP) is 2.01. The molecule has 0 aliphatic carbocycles. The van der Waals surface area contributed by atoms with Crippen LogP contribution in [0.3, 0.4) is 0 Å². The topological polar surface area (TPSA) is 75.5 Å². The van der Waals surface area contributed by atoms with Gasteiger partial charge in [-0.3, -0.25) is 14.9 Å². The van der Waals surface area contributed by atoms with Crippen molar-refractivity contribution in [3.05, 3.63) is 33.9 Å². The summed E-state index contributed by atoms with van der Waals surface area (Å²) in [6, 6.07) is 4.89. The lowest BCUT2D eigenvalue weighted by Crippen LogP contribution is -2.41. The Morgan fingerprint density at radius 3 is 2.70 bits per heavy atom. The second-order valence-corrected chi connectivity index (χ2v) is 5.38. The van der Waals surface area contributed by atoms with Crippen LogP contribution >= 0.6 is 0 Å². The lowest BCUT2D eigenvalue weighted by Gasteiger charge is -2.18. The number of benzene rings is 1. The molecule has 0 aromatic heterocycles. The van der Waals surface area contributed by atoms with Gasteiger partial charge in [-0.2, -0.15) is 0 Å². The normalized spacial score (nSPS) is 18.9. The lowest BCUT2D eigenvalue weighted by molar-refractivity contribution is -0.385. The number of nitro benzene ring substituents is 1. The van der Waals surface area contributed by atoms with Gasteiger partial charge in [-0.1, -0.05) is 13.8 Å². The SMILES string of the molecule is Cc1cc(N2CCC(NC(C)C)C2=O)ccc1[N+](=O)[O-]. The van der Waals surface area contributed by atoms with E-state index < -0.39 is 4.92 Å². The highest BCUT2D eigenvalue weighted by molar-refractivity contribution is 5.99. The second-order valence-electron chi connectivity index (χ2n) is 5.38. The van der Waals surface area contributed by atoms with Gasteiger partial charge in [0.05, 0.1) is 11.0 Å². The molecule has 1 aromatic carbocycles. The van der Waals surface area contributed by atoms with Gasteiger partial charge in [0.15, 0.2) is 0 Å². The van der Waals surface area contributed by atoms with E-state index in [1.165, 1.54) is 6.07 Å². The molecule has 20 heavy (non-hydrogen) atoms. The maximum absolute atomic E-state index is 12.3. The van der Waals surface area contributed by atoms with Gasteiger partial charge >= 0.3 is 0 Å². The zero-order chi connectivity index (χ0) is 14.9. The number of anilines is 1. The summed E-state index contributed by atoms with van der Waals surface area (Å²) >= 11 is 0. The average molecular weight is 277 g/mol. The second kappa shape index (κ2) is 5.58. The fraction of sp³-hybridized carbons (Fsp3) is 0.500. The Morgan fingerprint density at radius 2 is 2.15 bits per heavy atom. The molecule has 0 spiro atoms. The molecule has 6 heteroatoms. The quantitative estimate of drug-likeness (QED) is 0.674. The van der Waals surface area contributed by atoms with Crippen molar-refractivity contribution in [2.24, 2.45) is 0 Å². The van der Waals surface area contributed by atoms with Gasteiger partial charge in [-0.05, 0) is 25.5 Å². The van der Waals surface area contributed by atoms with Crippen LogP contribution in [0, 0.1) is 17.0 Å². The minimum Gasteiger partial charge on any atom is -0.311 e. The zero-order valence-electron chi connectivity index (χ0n) is 11.9. The van der Waals surface area contributed by atoms with Crippen LogP contribution in [0.4, 0.5) is 11.4 Å². The Hall–Kier alpha value is -1.95. The first-order valence-electron chi connectivity index (χ1n) is 6.72. The van der Waals surface area contributed by atoms with Crippen molar-refractivity contribution in [3.8, 4) is 0 Å². The number of carbonyl (C=O) groups is 1. The number of hydrogen-bond donors (Lipinski definition) is 1. The zero-order valence-corrected chi connectivity index (χ0v) is 11.9. The summed E-state index contributed by atoms with van der Waals surface area (Å²) in [7, 11) is 0. The van der Waals surface area contributed by atoms with E-state index in [2.05, 4.69) is 5.32 Å². The first-order valence-corrected chi connectivity index (χ1v) is 6.72. The van der Waals surface area contributed by atoms with E-state index in [0.29, 0.717) is 12.1 Å². The van der Waals surface area contributed by atoms with Crippen molar-refractivity contribution in [1.29, 1.82) is 0 Å². The number of rotatable bonds is 4. The largest absolute Gasteiger partial charge is 0.311 e. The fourth-order valence-corrected chi connectivity index (χ4v) is 2.51. The van der Waals surface area contributed by atoms with Crippen molar-refractivity contribution >= 4 is 17.3 Å². The summed E-state index contributed by atoms with van der Waals surface area (Å²) < 4.78 is 0. The van der Waals surface area contributed by atoms with Gasteiger partial charge < -0.3 is 10.2 Å². The number of aryl methyl sites for hydroxylation is 1. The van der Waals surface area contributed by atoms with Crippen LogP contribution in [0.5, 0.6) is 0 Å². The van der Waals surface area contributed by atoms with E-state index in [9.17, 15) is 14.9 Å². The molecule has 1 N–H and O–H groups in total. The Balaban J connectivity index is 2.19. The smallest absolute Gasteiger partial charge is 0.272 e. The Morgan fingerprint density at radius 1 is 1.45 bits per heavy atom. The summed E-state index contributed by atoms with van der Waals surface area (Å²) in [5.74, 6) is 0.0342. The molecule has 1 heterocycles. The predicted molar refractivity (Wildman–Crippen MR) is 76.9 cm³/mol. The maximum Gasteiger partial charge on any atom is 0.272 e. The molecular formula is C14H19N3O3. The highest BCUT2D eigenvalue weighted by Crippen LogP contribution is 2.27. The van der Waals surface area contributed by atoms with E-state index in [-0.39, 0.29) is 23.7 Å². The molecule has 1 unspecified atom stereocenters. The van der Waals surface area contributed by atoms with Crippen LogP contribution < -0.4 is 10.2 Å². The molecule has 108 valence electrons. The van der Waals surface area contributed by atoms with Crippen molar-refractivity contribution < 1.29 is 9.72 Å². The summed E-state index contributed by atoms with van der Waals surface area (Å²) in [6.45, 7) is 6.34. The molecule has 1 aliphatic rings. The summed E-state index contributed by atoms with van der Waals surface area (Å²) in [4.78, 5) is 24.4. The third-order valence-electron chi connectivity index (χ3n) is 3.43. The summed E-state index contributed by atoms with van der Waals surface area (Å²) in [6.07, 6.45) is 0.757. The summed E-state index contributed by atoms with van der Waals surface area (Å²) in [5.41, 5.74) is 1.38. The monoisotopic (exact) mass is 277 g/mol. The third-order valence-corrected chi connectivity index (χ3v) is 3.43. The molecule has 2 rings (SSSR count). The number of nitrogens with one attached hydrogen (secondary N) is 1. The van der Waals surface area contributed by atoms with Crippen LogP contribution in [0.15, 0.2) is 18.2 Å². The van der Waals surface area contributed by atoms with E-state index in [1.54, 1.807) is 24.0 Å². The molecule has 1 saturated heterocycles. The molecule has 0 bridgehead atoms. The van der Waals surface area contributed by atoms with Gasteiger partial charge in [0, 0.05) is 29.9 Å². The maximum atomic E-state index is 12.3. The van der Waals surface area contributed by atoms with E-state index >= 15 is 0 Å². The van der Waals surface area contributed by atoms with Crippen molar-refractivity contribution in [3.63, 3.8) is 0 Å². The number of carbonyl (C=O) groups excluding carboxylic acids is 1. The highest BCUT2D eigenvalue weighted by atomic mass is 16.6. The molecule has 0 saturated carbocycles. The number of hydrogen-bond acceptors (Lipinski definition) is 4. The van der Waals surface area contributed by atoms with E-state index in [0.717, 1.165) is 12.1 Å². The molecule has 6 nitrogen and oxygen atoms in total. The minimum atomic E-state index is -0.409. The first kappa shape index (κ1) is 14.5. The number of nitrogens with zero attached hydrogens (tertiary/aromatic N) is 2.